The van der Waals surface area contributed by atoms with E-state index in [1.54, 1.807) is 30.3 Å². The van der Waals surface area contributed by atoms with Crippen LogP contribution in [0.4, 0.5) is 5.69 Å². The molecule has 5 heteroatoms. The molecule has 0 aliphatic carbocycles. The maximum atomic E-state index is 12.5. The molecule has 0 aliphatic rings. The molecular weight excluding hydrogens is 370 g/mol. The Bertz CT molecular complexity index is 1100. The third-order valence-corrected chi connectivity index (χ3v) is 4.85. The molecule has 28 heavy (non-hydrogen) atoms. The van der Waals surface area contributed by atoms with Crippen LogP contribution in [0.5, 0.6) is 0 Å². The number of anilines is 1. The molecule has 1 aromatic heterocycles. The second kappa shape index (κ2) is 8.16. The molecule has 3 aromatic rings. The Morgan fingerprint density at radius 1 is 1.11 bits per heavy atom. The standard InChI is InChI=1S/C23H20ClN3O/c1-15-6-4-5-7-22(15)27-16(2)12-18(17(27)3)13-19(14-25)23(28)26-21-10-8-20(24)9-11-21/h4-13H,1-3H3,(H,26,28). The van der Waals surface area contributed by atoms with E-state index < -0.39 is 5.91 Å². The van der Waals surface area contributed by atoms with Crippen molar-refractivity contribution in [3.63, 3.8) is 0 Å². The van der Waals surface area contributed by atoms with Crippen LogP contribution in [0, 0.1) is 32.1 Å². The number of halogens is 1. The van der Waals surface area contributed by atoms with Gasteiger partial charge >= 0.3 is 0 Å². The van der Waals surface area contributed by atoms with E-state index in [1.807, 2.05) is 38.1 Å². The summed E-state index contributed by atoms with van der Waals surface area (Å²) in [6.45, 7) is 6.05. The molecule has 0 unspecified atom stereocenters. The lowest BCUT2D eigenvalue weighted by atomic mass is 10.1. The van der Waals surface area contributed by atoms with E-state index >= 15 is 0 Å². The maximum Gasteiger partial charge on any atom is 0.266 e. The number of nitriles is 1. The predicted molar refractivity (Wildman–Crippen MR) is 114 cm³/mol. The zero-order valence-electron chi connectivity index (χ0n) is 16.0. The number of aromatic nitrogens is 1. The van der Waals surface area contributed by atoms with E-state index in [2.05, 4.69) is 28.9 Å². The normalized spacial score (nSPS) is 11.2. The summed E-state index contributed by atoms with van der Waals surface area (Å²) >= 11 is 5.86. The van der Waals surface area contributed by atoms with Gasteiger partial charge in [-0.25, -0.2) is 0 Å². The molecule has 1 N–H and O–H groups in total. The molecule has 0 saturated carbocycles. The molecule has 0 fully saturated rings. The maximum absolute atomic E-state index is 12.5. The van der Waals surface area contributed by atoms with Gasteiger partial charge in [0.15, 0.2) is 0 Å². The zero-order chi connectivity index (χ0) is 20.3. The van der Waals surface area contributed by atoms with Gasteiger partial charge in [-0.05, 0) is 74.4 Å². The minimum atomic E-state index is -0.453. The second-order valence-electron chi connectivity index (χ2n) is 6.58. The van der Waals surface area contributed by atoms with E-state index in [9.17, 15) is 10.1 Å². The first-order chi connectivity index (χ1) is 13.4. The van der Waals surface area contributed by atoms with Crippen LogP contribution in [0.15, 0.2) is 60.2 Å². The largest absolute Gasteiger partial charge is 0.321 e. The highest BCUT2D eigenvalue weighted by Gasteiger charge is 2.14. The van der Waals surface area contributed by atoms with Crippen LogP contribution in [0.3, 0.4) is 0 Å². The summed E-state index contributed by atoms with van der Waals surface area (Å²) < 4.78 is 2.13. The summed E-state index contributed by atoms with van der Waals surface area (Å²) in [5.41, 5.74) is 5.71. The molecule has 140 valence electrons. The van der Waals surface area contributed by atoms with Crippen LogP contribution in [0.2, 0.25) is 5.02 Å². The van der Waals surface area contributed by atoms with Gasteiger partial charge < -0.3 is 9.88 Å². The first kappa shape index (κ1) is 19.5. The van der Waals surface area contributed by atoms with Crippen molar-refractivity contribution in [2.75, 3.05) is 5.32 Å². The fraction of sp³-hybridized carbons (Fsp3) is 0.130. The Morgan fingerprint density at radius 3 is 2.43 bits per heavy atom. The molecule has 3 rings (SSSR count). The fourth-order valence-corrected chi connectivity index (χ4v) is 3.28. The van der Waals surface area contributed by atoms with Crippen LogP contribution in [0.25, 0.3) is 11.8 Å². The van der Waals surface area contributed by atoms with Gasteiger partial charge in [0.2, 0.25) is 0 Å². The average molecular weight is 390 g/mol. The highest BCUT2D eigenvalue weighted by Crippen LogP contribution is 2.25. The van der Waals surface area contributed by atoms with Crippen molar-refractivity contribution >= 4 is 29.3 Å². The second-order valence-corrected chi connectivity index (χ2v) is 7.02. The number of hydrogen-bond donors (Lipinski definition) is 1. The fourth-order valence-electron chi connectivity index (χ4n) is 3.15. The average Bonchev–Trinajstić information content (AvgIpc) is 2.95. The lowest BCUT2D eigenvalue weighted by molar-refractivity contribution is -0.112. The Labute approximate surface area is 169 Å². The molecular formula is C23H20ClN3O. The SMILES string of the molecule is Cc1ccccc1-n1c(C)cc(C=C(C#N)C(=O)Nc2ccc(Cl)cc2)c1C. The first-order valence-corrected chi connectivity index (χ1v) is 9.22. The number of carbonyl (C=O) groups excluding carboxylic acids is 1. The number of aryl methyl sites for hydroxylation is 2. The van der Waals surface area contributed by atoms with Crippen LogP contribution in [-0.2, 0) is 4.79 Å². The van der Waals surface area contributed by atoms with E-state index in [1.165, 1.54) is 0 Å². The van der Waals surface area contributed by atoms with Gasteiger partial charge in [-0.3, -0.25) is 4.79 Å². The summed E-state index contributed by atoms with van der Waals surface area (Å²) in [5.74, 6) is -0.453. The lowest BCUT2D eigenvalue weighted by Crippen LogP contribution is -2.13. The molecule has 0 saturated heterocycles. The van der Waals surface area contributed by atoms with Crippen LogP contribution in [0.1, 0.15) is 22.5 Å². The smallest absolute Gasteiger partial charge is 0.266 e. The number of benzene rings is 2. The van der Waals surface area contributed by atoms with Crippen molar-refractivity contribution in [2.24, 2.45) is 0 Å². The topological polar surface area (TPSA) is 57.8 Å². The third kappa shape index (κ3) is 4.00. The van der Waals surface area contributed by atoms with E-state index in [0.29, 0.717) is 10.7 Å². The molecule has 2 aromatic carbocycles. The Balaban J connectivity index is 1.94. The number of rotatable bonds is 4. The van der Waals surface area contributed by atoms with E-state index in [4.69, 9.17) is 11.6 Å². The van der Waals surface area contributed by atoms with Crippen LogP contribution >= 0.6 is 11.6 Å². The monoisotopic (exact) mass is 389 g/mol. The molecule has 0 atom stereocenters. The Morgan fingerprint density at radius 2 is 1.79 bits per heavy atom. The summed E-state index contributed by atoms with van der Waals surface area (Å²) in [6, 6.07) is 18.9. The summed E-state index contributed by atoms with van der Waals surface area (Å²) in [7, 11) is 0. The van der Waals surface area contributed by atoms with Gasteiger partial charge in [0.05, 0.1) is 0 Å². The number of para-hydroxylation sites is 1. The minimum absolute atomic E-state index is 0.0417. The molecule has 0 radical (unpaired) electrons. The number of amides is 1. The summed E-state index contributed by atoms with van der Waals surface area (Å²) in [4.78, 5) is 12.5. The van der Waals surface area contributed by atoms with Crippen molar-refractivity contribution in [3.8, 4) is 11.8 Å². The highest BCUT2D eigenvalue weighted by atomic mass is 35.5. The van der Waals surface area contributed by atoms with Gasteiger partial charge in [-0.15, -0.1) is 0 Å². The molecule has 0 bridgehead atoms. The quantitative estimate of drug-likeness (QED) is 0.466. The molecule has 1 heterocycles. The first-order valence-electron chi connectivity index (χ1n) is 8.84. The van der Waals surface area contributed by atoms with Crippen LogP contribution < -0.4 is 5.32 Å². The van der Waals surface area contributed by atoms with Crippen molar-refractivity contribution in [3.05, 3.63) is 87.7 Å². The Hall–Kier alpha value is -3.29. The zero-order valence-corrected chi connectivity index (χ0v) is 16.7. The summed E-state index contributed by atoms with van der Waals surface area (Å²) in [5, 5.41) is 12.8. The van der Waals surface area contributed by atoms with Crippen molar-refractivity contribution in [1.82, 2.24) is 4.57 Å². The van der Waals surface area contributed by atoms with E-state index in [0.717, 1.165) is 28.2 Å². The van der Waals surface area contributed by atoms with Crippen LogP contribution in [-0.4, -0.2) is 10.5 Å². The lowest BCUT2D eigenvalue weighted by Gasteiger charge is -2.12. The highest BCUT2D eigenvalue weighted by molar-refractivity contribution is 6.30. The molecule has 1 amide bonds. The summed E-state index contributed by atoms with van der Waals surface area (Å²) in [6.07, 6.45) is 1.63. The third-order valence-electron chi connectivity index (χ3n) is 4.59. The van der Waals surface area contributed by atoms with Gasteiger partial charge in [-0.2, -0.15) is 5.26 Å². The molecule has 0 spiro atoms. The van der Waals surface area contributed by atoms with Gasteiger partial charge in [0.1, 0.15) is 11.6 Å². The minimum Gasteiger partial charge on any atom is -0.321 e. The number of nitrogens with zero attached hydrogens (tertiary/aromatic N) is 2. The van der Waals surface area contributed by atoms with Crippen molar-refractivity contribution in [2.45, 2.75) is 20.8 Å². The van der Waals surface area contributed by atoms with Gasteiger partial charge in [0, 0.05) is 27.8 Å². The van der Waals surface area contributed by atoms with Gasteiger partial charge in [-0.1, -0.05) is 29.8 Å². The van der Waals surface area contributed by atoms with Gasteiger partial charge in [0.25, 0.3) is 5.91 Å². The molecule has 4 nitrogen and oxygen atoms in total. The van der Waals surface area contributed by atoms with E-state index in [-0.39, 0.29) is 5.57 Å². The number of hydrogen-bond acceptors (Lipinski definition) is 2. The predicted octanol–water partition coefficient (Wildman–Crippen LogP) is 5.60. The number of nitrogens with one attached hydrogen (secondary N) is 1. The van der Waals surface area contributed by atoms with Crippen molar-refractivity contribution < 1.29 is 4.79 Å². The van der Waals surface area contributed by atoms with Crippen molar-refractivity contribution in [1.29, 1.82) is 5.26 Å². The molecule has 0 aliphatic heterocycles. The Kier molecular flexibility index (Phi) is 5.67. The number of carbonyl (C=O) groups is 1.